The highest BCUT2D eigenvalue weighted by molar-refractivity contribution is 5.39. The molecule has 1 aromatic heterocycles. The molecule has 108 valence electrons. The fraction of sp³-hybridized carbons (Fsp3) is 0.769. The molecule has 0 aliphatic carbocycles. The van der Waals surface area contributed by atoms with E-state index in [9.17, 15) is 0 Å². The molecule has 0 aliphatic rings. The maximum atomic E-state index is 5.41. The summed E-state index contributed by atoms with van der Waals surface area (Å²) in [6.45, 7) is 12.6. The summed E-state index contributed by atoms with van der Waals surface area (Å²) in [5.74, 6) is 1.24. The maximum Gasteiger partial charge on any atom is 0.323 e. The number of anilines is 2. The summed E-state index contributed by atoms with van der Waals surface area (Å²) in [4.78, 5) is 15.2. The molecule has 1 heterocycles. The number of nitrogens with one attached hydrogen (secondary N) is 1. The van der Waals surface area contributed by atoms with Crippen LogP contribution in [0, 0.1) is 0 Å². The van der Waals surface area contributed by atoms with Gasteiger partial charge in [0.2, 0.25) is 11.9 Å². The minimum Gasteiger partial charge on any atom is -0.464 e. The quantitative estimate of drug-likeness (QED) is 0.780. The minimum absolute atomic E-state index is 0.334. The molecule has 0 saturated carbocycles. The van der Waals surface area contributed by atoms with Gasteiger partial charge in [0, 0.05) is 19.1 Å². The van der Waals surface area contributed by atoms with Crippen molar-refractivity contribution in [2.75, 3.05) is 29.9 Å². The zero-order valence-electron chi connectivity index (χ0n) is 12.6. The normalized spacial score (nSPS) is 10.6. The molecule has 0 aromatic carbocycles. The lowest BCUT2D eigenvalue weighted by atomic mass is 10.3. The third-order valence-corrected chi connectivity index (χ3v) is 2.63. The van der Waals surface area contributed by atoms with Crippen LogP contribution in [0.5, 0.6) is 6.01 Å². The Morgan fingerprint density at radius 3 is 2.42 bits per heavy atom. The molecule has 0 aliphatic heterocycles. The average molecular weight is 267 g/mol. The van der Waals surface area contributed by atoms with Gasteiger partial charge in [-0.2, -0.15) is 15.0 Å². The summed E-state index contributed by atoms with van der Waals surface area (Å²) >= 11 is 0. The van der Waals surface area contributed by atoms with Gasteiger partial charge in [0.25, 0.3) is 0 Å². The van der Waals surface area contributed by atoms with Gasteiger partial charge < -0.3 is 15.0 Å². The molecule has 6 nitrogen and oxygen atoms in total. The third kappa shape index (κ3) is 4.54. The van der Waals surface area contributed by atoms with Gasteiger partial charge in [-0.25, -0.2) is 0 Å². The van der Waals surface area contributed by atoms with Gasteiger partial charge in [-0.3, -0.25) is 0 Å². The van der Waals surface area contributed by atoms with Crippen LogP contribution in [0.4, 0.5) is 11.9 Å². The molecule has 0 fully saturated rings. The number of aromatic nitrogens is 3. The summed E-state index contributed by atoms with van der Waals surface area (Å²) < 4.78 is 5.41. The smallest absolute Gasteiger partial charge is 0.323 e. The Balaban J connectivity index is 3.03. The van der Waals surface area contributed by atoms with E-state index in [1.165, 1.54) is 0 Å². The molecule has 1 rings (SSSR count). The SMILES string of the molecule is CCCNc1nc(OCC)nc(N(CC)C(C)C)n1. The molecule has 0 unspecified atom stereocenters. The Morgan fingerprint density at radius 2 is 1.89 bits per heavy atom. The first-order chi connectivity index (χ1) is 9.12. The number of hydrogen-bond acceptors (Lipinski definition) is 6. The molecule has 6 heteroatoms. The minimum atomic E-state index is 0.334. The molecule has 1 N–H and O–H groups in total. The molecular weight excluding hydrogens is 242 g/mol. The molecular formula is C13H25N5O. The lowest BCUT2D eigenvalue weighted by Gasteiger charge is -2.25. The van der Waals surface area contributed by atoms with Crippen molar-refractivity contribution in [3.8, 4) is 6.01 Å². The third-order valence-electron chi connectivity index (χ3n) is 2.63. The lowest BCUT2D eigenvalue weighted by Crippen LogP contribution is -2.32. The summed E-state index contributed by atoms with van der Waals surface area (Å²) in [6.07, 6.45) is 1.02. The van der Waals surface area contributed by atoms with Gasteiger partial charge >= 0.3 is 6.01 Å². The Hall–Kier alpha value is -1.59. The van der Waals surface area contributed by atoms with E-state index in [1.807, 2.05) is 6.92 Å². The van der Waals surface area contributed by atoms with Crippen molar-refractivity contribution in [3.63, 3.8) is 0 Å². The van der Waals surface area contributed by atoms with Gasteiger partial charge in [0.05, 0.1) is 6.61 Å². The predicted octanol–water partition coefficient (Wildman–Crippen LogP) is 2.33. The van der Waals surface area contributed by atoms with E-state index >= 15 is 0 Å². The summed E-state index contributed by atoms with van der Waals surface area (Å²) in [6, 6.07) is 0.714. The van der Waals surface area contributed by atoms with Crippen LogP contribution < -0.4 is 15.0 Å². The maximum absolute atomic E-state index is 5.41. The Morgan fingerprint density at radius 1 is 1.16 bits per heavy atom. The second-order valence-corrected chi connectivity index (χ2v) is 4.48. The summed E-state index contributed by atoms with van der Waals surface area (Å²) in [5.41, 5.74) is 0. The van der Waals surface area contributed by atoms with Crippen molar-refractivity contribution in [1.29, 1.82) is 0 Å². The van der Waals surface area contributed by atoms with Crippen molar-refractivity contribution < 1.29 is 4.74 Å². The van der Waals surface area contributed by atoms with Gasteiger partial charge in [0.1, 0.15) is 0 Å². The standard InChI is InChI=1S/C13H25N5O/c1-6-9-14-11-15-12(18(7-2)10(4)5)17-13(16-11)19-8-3/h10H,6-9H2,1-5H3,(H,14,15,16,17). The fourth-order valence-electron chi connectivity index (χ4n) is 1.72. The molecule has 19 heavy (non-hydrogen) atoms. The van der Waals surface area contributed by atoms with E-state index in [1.54, 1.807) is 0 Å². The van der Waals surface area contributed by atoms with Crippen LogP contribution in [0.2, 0.25) is 0 Å². The van der Waals surface area contributed by atoms with Crippen LogP contribution in [-0.4, -0.2) is 40.7 Å². The average Bonchev–Trinajstić information content (AvgIpc) is 2.37. The Bertz CT molecular complexity index is 383. The molecule has 0 spiro atoms. The van der Waals surface area contributed by atoms with Crippen molar-refractivity contribution in [3.05, 3.63) is 0 Å². The van der Waals surface area contributed by atoms with Gasteiger partial charge in [-0.05, 0) is 34.1 Å². The lowest BCUT2D eigenvalue weighted by molar-refractivity contribution is 0.312. The molecule has 0 radical (unpaired) electrons. The summed E-state index contributed by atoms with van der Waals surface area (Å²) in [5, 5.41) is 3.18. The molecule has 0 saturated heterocycles. The van der Waals surface area contributed by atoms with Gasteiger partial charge in [-0.1, -0.05) is 6.92 Å². The number of rotatable bonds is 8. The zero-order valence-corrected chi connectivity index (χ0v) is 12.6. The van der Waals surface area contributed by atoms with Crippen LogP contribution in [0.15, 0.2) is 0 Å². The van der Waals surface area contributed by atoms with E-state index in [2.05, 4.69) is 52.9 Å². The van der Waals surface area contributed by atoms with Crippen molar-refractivity contribution in [2.45, 2.75) is 47.1 Å². The van der Waals surface area contributed by atoms with E-state index in [0.29, 0.717) is 30.6 Å². The van der Waals surface area contributed by atoms with Crippen LogP contribution in [0.1, 0.15) is 41.0 Å². The summed E-state index contributed by atoms with van der Waals surface area (Å²) in [7, 11) is 0. The Labute approximate surface area is 115 Å². The molecule has 0 atom stereocenters. The fourth-order valence-corrected chi connectivity index (χ4v) is 1.72. The van der Waals surface area contributed by atoms with Crippen LogP contribution >= 0.6 is 0 Å². The highest BCUT2D eigenvalue weighted by Crippen LogP contribution is 2.17. The molecule has 1 aromatic rings. The predicted molar refractivity (Wildman–Crippen MR) is 77.9 cm³/mol. The largest absolute Gasteiger partial charge is 0.464 e. The topological polar surface area (TPSA) is 63.2 Å². The van der Waals surface area contributed by atoms with Crippen LogP contribution in [0.3, 0.4) is 0 Å². The van der Waals surface area contributed by atoms with Crippen molar-refractivity contribution in [2.24, 2.45) is 0 Å². The highest BCUT2D eigenvalue weighted by atomic mass is 16.5. The number of nitrogens with zero attached hydrogens (tertiary/aromatic N) is 4. The number of ether oxygens (including phenoxy) is 1. The first-order valence-corrected chi connectivity index (χ1v) is 7.01. The first kappa shape index (κ1) is 15.5. The van der Waals surface area contributed by atoms with E-state index in [0.717, 1.165) is 19.5 Å². The van der Waals surface area contributed by atoms with Crippen molar-refractivity contribution in [1.82, 2.24) is 15.0 Å². The monoisotopic (exact) mass is 267 g/mol. The zero-order chi connectivity index (χ0) is 14.3. The van der Waals surface area contributed by atoms with E-state index < -0.39 is 0 Å². The highest BCUT2D eigenvalue weighted by Gasteiger charge is 2.15. The van der Waals surface area contributed by atoms with Crippen LogP contribution in [0.25, 0.3) is 0 Å². The van der Waals surface area contributed by atoms with Crippen molar-refractivity contribution >= 4 is 11.9 Å². The van der Waals surface area contributed by atoms with Crippen LogP contribution in [-0.2, 0) is 0 Å². The van der Waals surface area contributed by atoms with Gasteiger partial charge in [0.15, 0.2) is 0 Å². The second kappa shape index (κ2) is 7.76. The van der Waals surface area contributed by atoms with E-state index in [4.69, 9.17) is 4.74 Å². The molecule has 0 amide bonds. The Kier molecular flexibility index (Phi) is 6.32. The number of hydrogen-bond donors (Lipinski definition) is 1. The molecule has 0 bridgehead atoms. The van der Waals surface area contributed by atoms with E-state index in [-0.39, 0.29) is 0 Å². The first-order valence-electron chi connectivity index (χ1n) is 7.01. The van der Waals surface area contributed by atoms with Gasteiger partial charge in [-0.15, -0.1) is 0 Å². The second-order valence-electron chi connectivity index (χ2n) is 4.48.